The van der Waals surface area contributed by atoms with E-state index in [-0.39, 0.29) is 23.0 Å². The third kappa shape index (κ3) is 3.39. The Kier molecular flexibility index (Phi) is 5.52. The van der Waals surface area contributed by atoms with Crippen LogP contribution < -0.4 is 4.74 Å². The lowest BCUT2D eigenvalue weighted by Gasteiger charge is -2.49. The summed E-state index contributed by atoms with van der Waals surface area (Å²) in [5, 5.41) is 10.6. The third-order valence-electron chi connectivity index (χ3n) is 8.89. The molecule has 30 heavy (non-hydrogen) atoms. The Morgan fingerprint density at radius 2 is 1.93 bits per heavy atom. The number of rotatable bonds is 4. The van der Waals surface area contributed by atoms with E-state index in [2.05, 4.69) is 59.0 Å². The standard InChI is InChI=1S/C26H40O3Si/c1-25(2,3)30(6,7)29-23-11-10-22-24-18(16-27)14-17-15-19(28-5)8-9-20(17)21(24)12-13-26(22,23)4/h8-9,15,18,22-23,27H,10-14,16H2,1-7H3/t18-,22-,23-,26-/m0/s1. The molecule has 0 spiro atoms. The number of aliphatic hydroxyl groups is 1. The lowest BCUT2D eigenvalue weighted by atomic mass is 9.60. The van der Waals surface area contributed by atoms with Gasteiger partial charge in [-0.25, -0.2) is 0 Å². The smallest absolute Gasteiger partial charge is 0.192 e. The highest BCUT2D eigenvalue weighted by atomic mass is 28.4. The van der Waals surface area contributed by atoms with Gasteiger partial charge < -0.3 is 14.3 Å². The molecule has 0 amide bonds. The Labute approximate surface area is 184 Å². The van der Waals surface area contributed by atoms with Crippen LogP contribution in [0, 0.1) is 17.3 Å². The molecule has 0 unspecified atom stereocenters. The lowest BCUT2D eigenvalue weighted by molar-refractivity contribution is 0.0429. The van der Waals surface area contributed by atoms with E-state index in [0.717, 1.165) is 25.0 Å². The SMILES string of the molecule is COc1ccc2c(c1)C[C@@H](CO)C1=C2CC[C@]2(C)[C@@H](O[Si](C)(C)C(C)(C)C)CC[C@@H]12. The fourth-order valence-electron chi connectivity index (χ4n) is 6.04. The van der Waals surface area contributed by atoms with Gasteiger partial charge in [0.05, 0.1) is 13.2 Å². The monoisotopic (exact) mass is 428 g/mol. The zero-order valence-corrected chi connectivity index (χ0v) is 21.0. The molecular formula is C26H40O3Si. The zero-order valence-electron chi connectivity index (χ0n) is 20.0. The summed E-state index contributed by atoms with van der Waals surface area (Å²) in [6.07, 6.45) is 5.88. The molecule has 1 aromatic carbocycles. The summed E-state index contributed by atoms with van der Waals surface area (Å²) in [7, 11) is -0.0816. The quantitative estimate of drug-likeness (QED) is 0.579. The van der Waals surface area contributed by atoms with Gasteiger partial charge in [0.25, 0.3) is 0 Å². The first-order chi connectivity index (χ1) is 14.0. The molecular weight excluding hydrogens is 388 g/mol. The van der Waals surface area contributed by atoms with Crippen LogP contribution >= 0.6 is 0 Å². The number of benzene rings is 1. The largest absolute Gasteiger partial charge is 0.497 e. The van der Waals surface area contributed by atoms with Crippen LogP contribution in [0.5, 0.6) is 5.75 Å². The van der Waals surface area contributed by atoms with E-state index in [0.29, 0.717) is 12.0 Å². The molecule has 1 fully saturated rings. The van der Waals surface area contributed by atoms with E-state index in [1.165, 1.54) is 29.5 Å². The predicted molar refractivity (Wildman–Crippen MR) is 126 cm³/mol. The number of hydrogen-bond donors (Lipinski definition) is 1. The van der Waals surface area contributed by atoms with Gasteiger partial charge in [0, 0.05) is 12.5 Å². The fraction of sp³-hybridized carbons (Fsp3) is 0.692. The van der Waals surface area contributed by atoms with Crippen molar-refractivity contribution in [3.63, 3.8) is 0 Å². The molecule has 1 N–H and O–H groups in total. The van der Waals surface area contributed by atoms with Gasteiger partial charge in [0.1, 0.15) is 5.75 Å². The average Bonchev–Trinajstić information content (AvgIpc) is 3.01. The van der Waals surface area contributed by atoms with Crippen molar-refractivity contribution in [2.75, 3.05) is 13.7 Å². The second-order valence-corrected chi connectivity index (χ2v) is 16.3. The number of hydrogen-bond acceptors (Lipinski definition) is 3. The molecule has 0 radical (unpaired) electrons. The van der Waals surface area contributed by atoms with Gasteiger partial charge in [0.15, 0.2) is 8.32 Å². The molecule has 1 aromatic rings. The minimum Gasteiger partial charge on any atom is -0.497 e. The van der Waals surface area contributed by atoms with Gasteiger partial charge >= 0.3 is 0 Å². The zero-order chi connectivity index (χ0) is 21.9. The second kappa shape index (κ2) is 7.49. The Morgan fingerprint density at radius 3 is 2.57 bits per heavy atom. The van der Waals surface area contributed by atoms with Crippen LogP contribution in [0.15, 0.2) is 23.8 Å². The minimum absolute atomic E-state index is 0.186. The van der Waals surface area contributed by atoms with E-state index < -0.39 is 8.32 Å². The van der Waals surface area contributed by atoms with Crippen molar-refractivity contribution < 1.29 is 14.3 Å². The molecule has 4 atom stereocenters. The van der Waals surface area contributed by atoms with Crippen molar-refractivity contribution in [1.29, 1.82) is 0 Å². The van der Waals surface area contributed by atoms with Crippen LogP contribution in [0.3, 0.4) is 0 Å². The van der Waals surface area contributed by atoms with E-state index in [1.54, 1.807) is 12.7 Å². The second-order valence-electron chi connectivity index (χ2n) is 11.5. The molecule has 0 bridgehead atoms. The maximum absolute atomic E-state index is 10.4. The number of allylic oxidation sites excluding steroid dienone is 1. The molecule has 3 aliphatic carbocycles. The first-order valence-electron chi connectivity index (χ1n) is 11.7. The summed E-state index contributed by atoms with van der Waals surface area (Å²) in [5.74, 6) is 1.68. The highest BCUT2D eigenvalue weighted by molar-refractivity contribution is 6.74. The first kappa shape index (κ1) is 22.1. The summed E-state index contributed by atoms with van der Waals surface area (Å²) in [4.78, 5) is 0. The number of aliphatic hydroxyl groups excluding tert-OH is 1. The molecule has 3 aliphatic rings. The Hall–Kier alpha value is -1.10. The van der Waals surface area contributed by atoms with Crippen LogP contribution in [0.1, 0.15) is 64.5 Å². The van der Waals surface area contributed by atoms with Crippen LogP contribution in [0.4, 0.5) is 0 Å². The van der Waals surface area contributed by atoms with Gasteiger partial charge in [-0.15, -0.1) is 0 Å². The van der Waals surface area contributed by atoms with Crippen LogP contribution in [0.2, 0.25) is 18.1 Å². The number of methoxy groups -OCH3 is 1. The van der Waals surface area contributed by atoms with Gasteiger partial charge in [-0.3, -0.25) is 0 Å². The van der Waals surface area contributed by atoms with Crippen molar-refractivity contribution >= 4 is 13.9 Å². The van der Waals surface area contributed by atoms with Gasteiger partial charge in [-0.2, -0.15) is 0 Å². The predicted octanol–water partition coefficient (Wildman–Crippen LogP) is 6.21. The highest BCUT2D eigenvalue weighted by Gasteiger charge is 2.55. The molecule has 166 valence electrons. The Bertz CT molecular complexity index is 850. The van der Waals surface area contributed by atoms with Crippen molar-refractivity contribution in [3.05, 3.63) is 34.9 Å². The van der Waals surface area contributed by atoms with Crippen molar-refractivity contribution in [3.8, 4) is 5.75 Å². The Balaban J connectivity index is 1.71. The Morgan fingerprint density at radius 1 is 1.20 bits per heavy atom. The van der Waals surface area contributed by atoms with Gasteiger partial charge in [0.2, 0.25) is 0 Å². The normalized spacial score (nSPS) is 31.3. The van der Waals surface area contributed by atoms with Crippen molar-refractivity contribution in [2.24, 2.45) is 17.3 Å². The van der Waals surface area contributed by atoms with Crippen LogP contribution in [-0.4, -0.2) is 33.2 Å². The van der Waals surface area contributed by atoms with Crippen molar-refractivity contribution in [2.45, 2.75) is 84.0 Å². The number of ether oxygens (including phenoxy) is 1. The van der Waals surface area contributed by atoms with Gasteiger partial charge in [-0.05, 0) is 90.4 Å². The first-order valence-corrected chi connectivity index (χ1v) is 14.6. The number of fused-ring (bicyclic) bond motifs is 4. The third-order valence-corrected chi connectivity index (χ3v) is 13.4. The van der Waals surface area contributed by atoms with E-state index in [1.807, 2.05) is 0 Å². The maximum Gasteiger partial charge on any atom is 0.192 e. The van der Waals surface area contributed by atoms with E-state index in [9.17, 15) is 5.11 Å². The summed E-state index contributed by atoms with van der Waals surface area (Å²) >= 11 is 0. The molecule has 1 saturated carbocycles. The highest BCUT2D eigenvalue weighted by Crippen LogP contribution is 2.60. The molecule has 0 aliphatic heterocycles. The summed E-state index contributed by atoms with van der Waals surface area (Å²) in [6, 6.07) is 6.51. The molecule has 3 nitrogen and oxygen atoms in total. The molecule has 0 aromatic heterocycles. The fourth-order valence-corrected chi connectivity index (χ4v) is 7.49. The van der Waals surface area contributed by atoms with Crippen molar-refractivity contribution in [1.82, 2.24) is 0 Å². The molecule has 0 heterocycles. The van der Waals surface area contributed by atoms with Crippen LogP contribution in [0.25, 0.3) is 5.57 Å². The summed E-state index contributed by atoms with van der Waals surface area (Å²) < 4.78 is 12.5. The van der Waals surface area contributed by atoms with E-state index in [4.69, 9.17) is 9.16 Å². The maximum atomic E-state index is 10.4. The van der Waals surface area contributed by atoms with Crippen LogP contribution in [-0.2, 0) is 10.8 Å². The molecule has 4 rings (SSSR count). The minimum atomic E-state index is -1.81. The van der Waals surface area contributed by atoms with Gasteiger partial charge in [-0.1, -0.05) is 39.3 Å². The topological polar surface area (TPSA) is 38.7 Å². The summed E-state index contributed by atoms with van der Waals surface area (Å²) in [6.45, 7) is 14.5. The average molecular weight is 429 g/mol. The van der Waals surface area contributed by atoms with E-state index >= 15 is 0 Å². The summed E-state index contributed by atoms with van der Waals surface area (Å²) in [5.41, 5.74) is 5.97. The molecule has 0 saturated heterocycles. The molecule has 4 heteroatoms. The lowest BCUT2D eigenvalue weighted by Crippen LogP contribution is -2.49.